The predicted octanol–water partition coefficient (Wildman–Crippen LogP) is 2.83. The molecule has 0 aliphatic heterocycles. The minimum absolute atomic E-state index is 0.124. The van der Waals surface area contributed by atoms with E-state index in [2.05, 4.69) is 5.32 Å². The Hall–Kier alpha value is -2.67. The summed E-state index contributed by atoms with van der Waals surface area (Å²) >= 11 is 1.36. The van der Waals surface area contributed by atoms with Crippen molar-refractivity contribution < 1.29 is 19.1 Å². The van der Waals surface area contributed by atoms with Crippen molar-refractivity contribution in [2.45, 2.75) is 17.5 Å². The number of para-hydroxylation sites is 1. The van der Waals surface area contributed by atoms with Crippen LogP contribution in [0.5, 0.6) is 0 Å². The van der Waals surface area contributed by atoms with Gasteiger partial charge in [0.2, 0.25) is 0 Å². The van der Waals surface area contributed by atoms with E-state index in [9.17, 15) is 9.59 Å². The van der Waals surface area contributed by atoms with Gasteiger partial charge in [0.25, 0.3) is 0 Å². The number of ether oxygens (including phenoxy) is 2. The van der Waals surface area contributed by atoms with Gasteiger partial charge in [-0.05, 0) is 17.7 Å². The highest BCUT2D eigenvalue weighted by molar-refractivity contribution is 7.99. The molecule has 3 N–H and O–H groups in total. The number of carbonyl (C=O) groups excluding carboxylic acids is 2. The highest BCUT2D eigenvalue weighted by Crippen LogP contribution is 2.25. The average Bonchev–Trinajstić information content (AvgIpc) is 2.64. The van der Waals surface area contributed by atoms with E-state index in [-0.39, 0.29) is 12.4 Å². The first-order valence-corrected chi connectivity index (χ1v) is 8.61. The lowest BCUT2D eigenvalue weighted by molar-refractivity contribution is -0.142. The third kappa shape index (κ3) is 6.04. The number of nitrogens with one attached hydrogen (secondary N) is 1. The quantitative estimate of drug-likeness (QED) is 0.448. The number of alkyl carbamates (subject to hydrolysis) is 1. The van der Waals surface area contributed by atoms with Crippen molar-refractivity contribution >= 4 is 29.5 Å². The summed E-state index contributed by atoms with van der Waals surface area (Å²) in [5.74, 6) is -0.264. The molecule has 0 heterocycles. The average molecular weight is 360 g/mol. The smallest absolute Gasteiger partial charge is 0.408 e. The number of hydrogen-bond acceptors (Lipinski definition) is 6. The molecule has 2 aromatic carbocycles. The number of thioether (sulfide) groups is 1. The van der Waals surface area contributed by atoms with Gasteiger partial charge in [0.05, 0.1) is 7.11 Å². The molecule has 2 aromatic rings. The molecular formula is C18H20N2O4S. The summed E-state index contributed by atoms with van der Waals surface area (Å²) in [6, 6.07) is 15.8. The summed E-state index contributed by atoms with van der Waals surface area (Å²) < 4.78 is 9.88. The summed E-state index contributed by atoms with van der Waals surface area (Å²) in [6.07, 6.45) is -0.680. The van der Waals surface area contributed by atoms with Gasteiger partial charge in [-0.2, -0.15) is 0 Å². The number of anilines is 1. The normalized spacial score (nSPS) is 11.4. The van der Waals surface area contributed by atoms with Crippen molar-refractivity contribution in [2.75, 3.05) is 18.6 Å². The van der Waals surface area contributed by atoms with Crippen LogP contribution in [0.15, 0.2) is 59.5 Å². The van der Waals surface area contributed by atoms with Crippen molar-refractivity contribution in [1.29, 1.82) is 0 Å². The topological polar surface area (TPSA) is 90.6 Å². The number of hydrogen-bond donors (Lipinski definition) is 2. The van der Waals surface area contributed by atoms with Crippen LogP contribution < -0.4 is 11.1 Å². The van der Waals surface area contributed by atoms with Crippen molar-refractivity contribution in [1.82, 2.24) is 5.32 Å². The van der Waals surface area contributed by atoms with E-state index in [0.717, 1.165) is 10.5 Å². The highest BCUT2D eigenvalue weighted by atomic mass is 32.2. The number of benzene rings is 2. The molecule has 0 saturated carbocycles. The number of amides is 1. The molecule has 0 spiro atoms. The molecular weight excluding hydrogens is 340 g/mol. The second kappa shape index (κ2) is 9.58. The van der Waals surface area contributed by atoms with Crippen LogP contribution in [0.1, 0.15) is 5.56 Å². The van der Waals surface area contributed by atoms with Gasteiger partial charge in [-0.3, -0.25) is 0 Å². The first-order valence-electron chi connectivity index (χ1n) is 7.62. The van der Waals surface area contributed by atoms with Crippen LogP contribution in [0.3, 0.4) is 0 Å². The fourth-order valence-electron chi connectivity index (χ4n) is 2.00. The van der Waals surface area contributed by atoms with Gasteiger partial charge in [0.15, 0.2) is 0 Å². The third-order valence-electron chi connectivity index (χ3n) is 3.32. The number of esters is 1. The van der Waals surface area contributed by atoms with E-state index in [1.807, 2.05) is 48.5 Å². The second-order valence-electron chi connectivity index (χ2n) is 5.13. The van der Waals surface area contributed by atoms with E-state index in [1.54, 1.807) is 6.07 Å². The van der Waals surface area contributed by atoms with E-state index in [0.29, 0.717) is 5.69 Å². The molecule has 0 aliphatic carbocycles. The number of rotatable bonds is 7. The zero-order valence-corrected chi connectivity index (χ0v) is 14.6. The lowest BCUT2D eigenvalue weighted by Gasteiger charge is -2.16. The van der Waals surface area contributed by atoms with E-state index in [4.69, 9.17) is 15.2 Å². The summed E-state index contributed by atoms with van der Waals surface area (Å²) in [5, 5.41) is 2.53. The van der Waals surface area contributed by atoms with Crippen molar-refractivity contribution in [2.24, 2.45) is 0 Å². The van der Waals surface area contributed by atoms with Crippen LogP contribution in [0.25, 0.3) is 0 Å². The Morgan fingerprint density at radius 1 is 1.12 bits per heavy atom. The number of nitrogen functional groups attached to an aromatic ring is 1. The predicted molar refractivity (Wildman–Crippen MR) is 97.1 cm³/mol. The van der Waals surface area contributed by atoms with Crippen LogP contribution in [-0.2, 0) is 20.9 Å². The van der Waals surface area contributed by atoms with Crippen LogP contribution in [0.2, 0.25) is 0 Å². The second-order valence-corrected chi connectivity index (χ2v) is 6.19. The van der Waals surface area contributed by atoms with Gasteiger partial charge < -0.3 is 20.5 Å². The van der Waals surface area contributed by atoms with Gasteiger partial charge in [0.1, 0.15) is 12.6 Å². The van der Waals surface area contributed by atoms with Crippen LogP contribution >= 0.6 is 11.8 Å². The summed E-state index contributed by atoms with van der Waals surface area (Å²) in [7, 11) is 1.27. The fourth-order valence-corrected chi connectivity index (χ4v) is 2.98. The molecule has 132 valence electrons. The Morgan fingerprint density at radius 2 is 1.80 bits per heavy atom. The molecule has 1 amide bonds. The number of nitrogens with two attached hydrogens (primary N) is 1. The Morgan fingerprint density at radius 3 is 2.48 bits per heavy atom. The number of carbonyl (C=O) groups is 2. The molecule has 6 nitrogen and oxygen atoms in total. The van der Waals surface area contributed by atoms with Crippen LogP contribution in [0.4, 0.5) is 10.5 Å². The van der Waals surface area contributed by atoms with Crippen molar-refractivity contribution in [3.8, 4) is 0 Å². The lowest BCUT2D eigenvalue weighted by Crippen LogP contribution is -2.43. The van der Waals surface area contributed by atoms with E-state index >= 15 is 0 Å². The molecule has 1 unspecified atom stereocenters. The lowest BCUT2D eigenvalue weighted by atomic mass is 10.2. The highest BCUT2D eigenvalue weighted by Gasteiger charge is 2.22. The first-order chi connectivity index (χ1) is 12.1. The maximum absolute atomic E-state index is 12.0. The SMILES string of the molecule is COC(=O)C(CSc1ccccc1N)NC(=O)OCc1ccccc1. The zero-order valence-electron chi connectivity index (χ0n) is 13.8. The minimum Gasteiger partial charge on any atom is -0.467 e. The summed E-state index contributed by atoms with van der Waals surface area (Å²) in [6.45, 7) is 0.124. The number of methoxy groups -OCH3 is 1. The Bertz CT molecular complexity index is 709. The monoisotopic (exact) mass is 360 g/mol. The summed E-state index contributed by atoms with van der Waals surface area (Å²) in [5.41, 5.74) is 7.35. The van der Waals surface area contributed by atoms with Gasteiger partial charge >= 0.3 is 12.1 Å². The van der Waals surface area contributed by atoms with Gasteiger partial charge in [-0.15, -0.1) is 11.8 Å². The van der Waals surface area contributed by atoms with Crippen LogP contribution in [-0.4, -0.2) is 31.0 Å². The zero-order chi connectivity index (χ0) is 18.1. The molecule has 0 radical (unpaired) electrons. The molecule has 0 fully saturated rings. The Kier molecular flexibility index (Phi) is 7.16. The maximum Gasteiger partial charge on any atom is 0.408 e. The Balaban J connectivity index is 1.89. The van der Waals surface area contributed by atoms with Crippen molar-refractivity contribution in [3.05, 3.63) is 60.2 Å². The van der Waals surface area contributed by atoms with Crippen LogP contribution in [0, 0.1) is 0 Å². The molecule has 0 aliphatic rings. The van der Waals surface area contributed by atoms with E-state index < -0.39 is 18.1 Å². The van der Waals surface area contributed by atoms with E-state index in [1.165, 1.54) is 18.9 Å². The molecule has 0 saturated heterocycles. The van der Waals surface area contributed by atoms with Gasteiger partial charge in [-0.1, -0.05) is 42.5 Å². The standard InChI is InChI=1S/C18H20N2O4S/c1-23-17(21)15(12-25-16-10-6-5-9-14(16)19)20-18(22)24-11-13-7-3-2-4-8-13/h2-10,15H,11-12,19H2,1H3,(H,20,22). The third-order valence-corrected chi connectivity index (χ3v) is 4.50. The first kappa shape index (κ1) is 18.7. The molecule has 0 aromatic heterocycles. The molecule has 0 bridgehead atoms. The van der Waals surface area contributed by atoms with Gasteiger partial charge in [-0.25, -0.2) is 9.59 Å². The largest absolute Gasteiger partial charge is 0.467 e. The molecule has 25 heavy (non-hydrogen) atoms. The Labute approximate surface area is 150 Å². The minimum atomic E-state index is -0.835. The van der Waals surface area contributed by atoms with Crippen molar-refractivity contribution in [3.63, 3.8) is 0 Å². The van der Waals surface area contributed by atoms with Gasteiger partial charge in [0, 0.05) is 16.3 Å². The molecule has 2 rings (SSSR count). The molecule has 7 heteroatoms. The maximum atomic E-state index is 12.0. The molecule has 1 atom stereocenters. The fraction of sp³-hybridized carbons (Fsp3) is 0.222. The summed E-state index contributed by atoms with van der Waals surface area (Å²) in [4.78, 5) is 24.7.